The van der Waals surface area contributed by atoms with E-state index in [-0.39, 0.29) is 29.7 Å². The molecule has 172 valence electrons. The third kappa shape index (κ3) is 4.85. The molecule has 1 aliphatic carbocycles. The van der Waals surface area contributed by atoms with Gasteiger partial charge in [-0.3, -0.25) is 24.6 Å². The van der Waals surface area contributed by atoms with Crippen molar-refractivity contribution in [3.05, 3.63) is 57.6 Å². The molecule has 9 nitrogen and oxygen atoms in total. The van der Waals surface area contributed by atoms with Crippen molar-refractivity contribution in [2.45, 2.75) is 44.4 Å². The second kappa shape index (κ2) is 9.22. The van der Waals surface area contributed by atoms with Gasteiger partial charge in [0.25, 0.3) is 5.69 Å². The molecule has 1 heterocycles. The van der Waals surface area contributed by atoms with Crippen molar-refractivity contribution in [1.29, 1.82) is 0 Å². The molecule has 1 saturated carbocycles. The van der Waals surface area contributed by atoms with Crippen LogP contribution in [0.4, 0.5) is 17.1 Å². The Bertz CT molecular complexity index is 1140. The Labute approximate surface area is 195 Å². The largest absolute Gasteiger partial charge is 0.495 e. The summed E-state index contributed by atoms with van der Waals surface area (Å²) < 4.78 is 5.20. The van der Waals surface area contributed by atoms with Crippen molar-refractivity contribution < 1.29 is 19.2 Å². The fourth-order valence-corrected chi connectivity index (χ4v) is 4.92. The molecule has 4 rings (SSSR count). The van der Waals surface area contributed by atoms with E-state index in [4.69, 9.17) is 9.73 Å². The molecule has 2 aromatic rings. The summed E-state index contributed by atoms with van der Waals surface area (Å²) in [5.41, 5.74) is 2.90. The Morgan fingerprint density at radius 1 is 1.27 bits per heavy atom. The summed E-state index contributed by atoms with van der Waals surface area (Å²) in [6.07, 6.45) is 1.76. The van der Waals surface area contributed by atoms with E-state index in [9.17, 15) is 19.7 Å². The lowest BCUT2D eigenvalue weighted by atomic mass is 10.1. The minimum Gasteiger partial charge on any atom is -0.495 e. The number of nitro groups is 1. The number of nitrogens with zero attached hydrogens (tertiary/aromatic N) is 3. The van der Waals surface area contributed by atoms with Crippen molar-refractivity contribution in [2.75, 3.05) is 12.4 Å². The summed E-state index contributed by atoms with van der Waals surface area (Å²) in [5, 5.41) is 13.7. The van der Waals surface area contributed by atoms with Gasteiger partial charge in [0.2, 0.25) is 11.8 Å². The Morgan fingerprint density at radius 2 is 1.97 bits per heavy atom. The van der Waals surface area contributed by atoms with Crippen LogP contribution in [0.2, 0.25) is 0 Å². The molecule has 33 heavy (non-hydrogen) atoms. The predicted molar refractivity (Wildman–Crippen MR) is 127 cm³/mol. The number of benzene rings is 2. The normalized spacial score (nSPS) is 19.1. The highest BCUT2D eigenvalue weighted by atomic mass is 32.2. The van der Waals surface area contributed by atoms with Crippen LogP contribution in [0.25, 0.3) is 0 Å². The standard InChI is InChI=1S/C23H24N4O5S/c1-13-5-4-6-14(2)21(13)25-23-26(15-7-8-15)22(29)19(33-23)12-20(28)24-17-11-16(27(30)31)9-10-18(17)32-3/h4-6,9-11,15,19H,7-8,12H2,1-3H3,(H,24,28)/t19-/m0/s1. The first kappa shape index (κ1) is 22.8. The lowest BCUT2D eigenvalue weighted by molar-refractivity contribution is -0.384. The molecular weight excluding hydrogens is 444 g/mol. The van der Waals surface area contributed by atoms with Crippen LogP contribution in [-0.2, 0) is 9.59 Å². The third-order valence-electron chi connectivity index (χ3n) is 5.56. The van der Waals surface area contributed by atoms with E-state index < -0.39 is 16.1 Å². The number of aryl methyl sites for hydroxylation is 2. The van der Waals surface area contributed by atoms with Gasteiger partial charge in [-0.05, 0) is 43.9 Å². The number of amidine groups is 1. The number of nitro benzene ring substituents is 1. The van der Waals surface area contributed by atoms with Gasteiger partial charge in [-0.2, -0.15) is 0 Å². The topological polar surface area (TPSA) is 114 Å². The molecule has 2 fully saturated rings. The van der Waals surface area contributed by atoms with Crippen LogP contribution < -0.4 is 10.1 Å². The Balaban J connectivity index is 1.54. The minimum atomic E-state index is -0.613. The molecule has 1 aliphatic heterocycles. The van der Waals surface area contributed by atoms with Crippen LogP contribution >= 0.6 is 11.8 Å². The van der Waals surface area contributed by atoms with Gasteiger partial charge in [0.05, 0.1) is 23.4 Å². The number of non-ortho nitro benzene ring substituents is 1. The average Bonchev–Trinajstić information content (AvgIpc) is 3.56. The molecule has 2 amide bonds. The van der Waals surface area contributed by atoms with E-state index in [1.54, 1.807) is 4.90 Å². The van der Waals surface area contributed by atoms with Crippen LogP contribution in [0, 0.1) is 24.0 Å². The number of amides is 2. The summed E-state index contributed by atoms with van der Waals surface area (Å²) in [4.78, 5) is 43.0. The maximum absolute atomic E-state index is 13.1. The maximum atomic E-state index is 13.1. The van der Waals surface area contributed by atoms with Gasteiger partial charge in [0, 0.05) is 24.6 Å². The van der Waals surface area contributed by atoms with Crippen LogP contribution in [0.5, 0.6) is 5.75 Å². The Hall–Kier alpha value is -3.40. The molecular formula is C23H24N4O5S. The highest BCUT2D eigenvalue weighted by Crippen LogP contribution is 2.40. The van der Waals surface area contributed by atoms with Gasteiger partial charge < -0.3 is 10.1 Å². The summed E-state index contributed by atoms with van der Waals surface area (Å²) >= 11 is 1.29. The predicted octanol–water partition coefficient (Wildman–Crippen LogP) is 4.34. The lowest BCUT2D eigenvalue weighted by Crippen LogP contribution is -2.35. The fourth-order valence-electron chi connectivity index (χ4n) is 3.72. The average molecular weight is 469 g/mol. The first-order chi connectivity index (χ1) is 15.8. The number of nitrogens with one attached hydrogen (secondary N) is 1. The van der Waals surface area contributed by atoms with Crippen molar-refractivity contribution in [3.63, 3.8) is 0 Å². The summed E-state index contributed by atoms with van der Waals surface area (Å²) in [6, 6.07) is 10.0. The molecule has 0 radical (unpaired) electrons. The smallest absolute Gasteiger partial charge is 0.271 e. The molecule has 0 spiro atoms. The molecule has 2 aromatic carbocycles. The molecule has 1 saturated heterocycles. The second-order valence-corrected chi connectivity index (χ2v) is 9.24. The Kier molecular flexibility index (Phi) is 6.37. The molecule has 1 N–H and O–H groups in total. The molecule has 0 unspecified atom stereocenters. The number of rotatable bonds is 7. The maximum Gasteiger partial charge on any atom is 0.271 e. The van der Waals surface area contributed by atoms with E-state index in [2.05, 4.69) is 5.32 Å². The van der Waals surface area contributed by atoms with Crippen molar-refractivity contribution >= 4 is 45.8 Å². The van der Waals surface area contributed by atoms with Gasteiger partial charge in [0.1, 0.15) is 11.0 Å². The number of carbonyl (C=O) groups excluding carboxylic acids is 2. The summed E-state index contributed by atoms with van der Waals surface area (Å²) in [5.74, 6) is -0.256. The van der Waals surface area contributed by atoms with E-state index >= 15 is 0 Å². The van der Waals surface area contributed by atoms with Gasteiger partial charge in [-0.1, -0.05) is 30.0 Å². The second-order valence-electron chi connectivity index (χ2n) is 8.07. The molecule has 1 atom stereocenters. The van der Waals surface area contributed by atoms with Crippen molar-refractivity contribution in [2.24, 2.45) is 4.99 Å². The highest BCUT2D eigenvalue weighted by Gasteiger charge is 2.46. The fraction of sp³-hybridized carbons (Fsp3) is 0.348. The van der Waals surface area contributed by atoms with E-state index in [1.807, 2.05) is 32.0 Å². The summed E-state index contributed by atoms with van der Waals surface area (Å²) in [7, 11) is 1.41. The zero-order valence-electron chi connectivity index (χ0n) is 18.5. The highest BCUT2D eigenvalue weighted by molar-refractivity contribution is 8.15. The van der Waals surface area contributed by atoms with E-state index in [0.717, 1.165) is 29.7 Å². The number of hydrogen-bond donors (Lipinski definition) is 1. The lowest BCUT2D eigenvalue weighted by Gasteiger charge is -2.16. The van der Waals surface area contributed by atoms with Gasteiger partial charge in [-0.15, -0.1) is 0 Å². The number of methoxy groups -OCH3 is 1. The van der Waals surface area contributed by atoms with Crippen molar-refractivity contribution in [1.82, 2.24) is 4.90 Å². The number of hydrogen-bond acceptors (Lipinski definition) is 7. The Morgan fingerprint density at radius 3 is 2.58 bits per heavy atom. The van der Waals surface area contributed by atoms with Gasteiger partial charge in [-0.25, -0.2) is 4.99 Å². The number of ether oxygens (including phenoxy) is 1. The number of thioether (sulfide) groups is 1. The van der Waals surface area contributed by atoms with Gasteiger partial charge in [0.15, 0.2) is 5.17 Å². The SMILES string of the molecule is COc1ccc([N+](=O)[O-])cc1NC(=O)C[C@@H]1SC(=Nc2c(C)cccc2C)N(C2CC2)C1=O. The number of aliphatic imine (C=N–C) groups is 1. The molecule has 2 aliphatic rings. The van der Waals surface area contributed by atoms with Gasteiger partial charge >= 0.3 is 0 Å². The zero-order chi connectivity index (χ0) is 23.7. The van der Waals surface area contributed by atoms with Crippen molar-refractivity contribution in [3.8, 4) is 5.75 Å². The van der Waals surface area contributed by atoms with Crippen LogP contribution in [0.15, 0.2) is 41.4 Å². The first-order valence-electron chi connectivity index (χ1n) is 10.6. The van der Waals surface area contributed by atoms with E-state index in [0.29, 0.717) is 10.9 Å². The monoisotopic (exact) mass is 468 g/mol. The zero-order valence-corrected chi connectivity index (χ0v) is 19.3. The molecule has 0 aromatic heterocycles. The van der Waals surface area contributed by atoms with Crippen LogP contribution in [-0.4, -0.2) is 45.2 Å². The van der Waals surface area contributed by atoms with Crippen LogP contribution in [0.3, 0.4) is 0 Å². The van der Waals surface area contributed by atoms with E-state index in [1.165, 1.54) is 37.1 Å². The minimum absolute atomic E-state index is 0.0790. The first-order valence-corrected chi connectivity index (χ1v) is 11.4. The van der Waals surface area contributed by atoms with Crippen LogP contribution in [0.1, 0.15) is 30.4 Å². The summed E-state index contributed by atoms with van der Waals surface area (Å²) in [6.45, 7) is 3.96. The quantitative estimate of drug-likeness (QED) is 0.477. The third-order valence-corrected chi connectivity index (χ3v) is 6.72. The number of anilines is 1. The molecule has 0 bridgehead atoms. The number of carbonyl (C=O) groups is 2. The molecule has 10 heteroatoms. The number of para-hydroxylation sites is 1.